The molecule has 76 valence electrons. The van der Waals surface area contributed by atoms with E-state index in [1.807, 2.05) is 0 Å². The fourth-order valence-corrected chi connectivity index (χ4v) is 2.10. The van der Waals surface area contributed by atoms with Gasteiger partial charge in [-0.05, 0) is 18.3 Å². The summed E-state index contributed by atoms with van der Waals surface area (Å²) in [7, 11) is 0. The zero-order chi connectivity index (χ0) is 10.0. The van der Waals surface area contributed by atoms with Gasteiger partial charge >= 0.3 is 0 Å². The lowest BCUT2D eigenvalue weighted by atomic mass is 10.1. The highest BCUT2D eigenvalue weighted by molar-refractivity contribution is 5.80. The minimum absolute atomic E-state index is 0.0163. The van der Waals surface area contributed by atoms with Gasteiger partial charge in [-0.3, -0.25) is 9.69 Å². The van der Waals surface area contributed by atoms with E-state index >= 15 is 0 Å². The van der Waals surface area contributed by atoms with Crippen molar-refractivity contribution in [2.45, 2.75) is 33.2 Å². The number of rotatable bonds is 3. The quantitative estimate of drug-likeness (QED) is 0.706. The minimum atomic E-state index is -0.162. The number of nitrogens with zero attached hydrogens (tertiary/aromatic N) is 1. The molecule has 0 aliphatic carbocycles. The van der Waals surface area contributed by atoms with E-state index in [9.17, 15) is 4.79 Å². The van der Waals surface area contributed by atoms with Crippen LogP contribution < -0.4 is 5.73 Å². The largest absolute Gasteiger partial charge is 0.368 e. The molecule has 0 aromatic rings. The normalized spacial score (nSPS) is 29.8. The SMILES string of the molecule is CC(C)CN1CC(C)C[C@@H]1C(N)=O. The Hall–Kier alpha value is -0.570. The van der Waals surface area contributed by atoms with Crippen molar-refractivity contribution < 1.29 is 4.79 Å². The predicted octanol–water partition coefficient (Wildman–Crippen LogP) is 0.838. The average molecular weight is 184 g/mol. The number of carbonyl (C=O) groups excluding carboxylic acids is 1. The van der Waals surface area contributed by atoms with Crippen molar-refractivity contribution in [3.63, 3.8) is 0 Å². The van der Waals surface area contributed by atoms with Crippen LogP contribution in [0.4, 0.5) is 0 Å². The van der Waals surface area contributed by atoms with E-state index < -0.39 is 0 Å². The summed E-state index contributed by atoms with van der Waals surface area (Å²) in [5, 5.41) is 0. The third kappa shape index (κ3) is 2.69. The second-order valence-electron chi connectivity index (χ2n) is 4.61. The Morgan fingerprint density at radius 2 is 2.23 bits per heavy atom. The van der Waals surface area contributed by atoms with Gasteiger partial charge in [0.2, 0.25) is 5.91 Å². The van der Waals surface area contributed by atoms with Gasteiger partial charge in [0.05, 0.1) is 6.04 Å². The number of carbonyl (C=O) groups is 1. The van der Waals surface area contributed by atoms with Crippen LogP contribution in [0.2, 0.25) is 0 Å². The molecule has 0 radical (unpaired) electrons. The molecule has 2 N–H and O–H groups in total. The molecule has 0 spiro atoms. The van der Waals surface area contributed by atoms with Crippen molar-refractivity contribution in [2.24, 2.45) is 17.6 Å². The number of hydrogen-bond acceptors (Lipinski definition) is 2. The van der Waals surface area contributed by atoms with Crippen LogP contribution in [0.3, 0.4) is 0 Å². The average Bonchev–Trinajstić information content (AvgIpc) is 2.29. The lowest BCUT2D eigenvalue weighted by molar-refractivity contribution is -0.122. The third-order valence-electron chi connectivity index (χ3n) is 2.54. The summed E-state index contributed by atoms with van der Waals surface area (Å²) in [4.78, 5) is 13.3. The van der Waals surface area contributed by atoms with Crippen molar-refractivity contribution in [2.75, 3.05) is 13.1 Å². The maximum absolute atomic E-state index is 11.1. The Kier molecular flexibility index (Phi) is 3.31. The molecule has 1 heterocycles. The van der Waals surface area contributed by atoms with Gasteiger partial charge in [0.15, 0.2) is 0 Å². The number of amides is 1. The second kappa shape index (κ2) is 4.09. The molecule has 2 atom stereocenters. The molecule has 1 rings (SSSR count). The Morgan fingerprint density at radius 1 is 1.62 bits per heavy atom. The number of likely N-dealkylation sites (tertiary alicyclic amines) is 1. The molecular weight excluding hydrogens is 164 g/mol. The summed E-state index contributed by atoms with van der Waals surface area (Å²) in [5.41, 5.74) is 5.35. The molecule has 1 saturated heterocycles. The molecule has 1 fully saturated rings. The fraction of sp³-hybridized carbons (Fsp3) is 0.900. The number of nitrogens with two attached hydrogens (primary N) is 1. The fourth-order valence-electron chi connectivity index (χ4n) is 2.10. The minimum Gasteiger partial charge on any atom is -0.368 e. The predicted molar refractivity (Wildman–Crippen MR) is 53.2 cm³/mol. The van der Waals surface area contributed by atoms with E-state index in [0.29, 0.717) is 11.8 Å². The van der Waals surface area contributed by atoms with Gasteiger partial charge in [-0.1, -0.05) is 20.8 Å². The van der Waals surface area contributed by atoms with Crippen LogP contribution in [0.5, 0.6) is 0 Å². The zero-order valence-corrected chi connectivity index (χ0v) is 8.79. The molecule has 0 aromatic carbocycles. The van der Waals surface area contributed by atoms with E-state index in [-0.39, 0.29) is 11.9 Å². The molecular formula is C10H20N2O. The molecule has 3 heteroatoms. The van der Waals surface area contributed by atoms with Crippen LogP contribution in [0.25, 0.3) is 0 Å². The van der Waals surface area contributed by atoms with Gasteiger partial charge in [0.1, 0.15) is 0 Å². The molecule has 13 heavy (non-hydrogen) atoms. The van der Waals surface area contributed by atoms with Gasteiger partial charge in [0, 0.05) is 13.1 Å². The van der Waals surface area contributed by atoms with Crippen LogP contribution in [0.1, 0.15) is 27.2 Å². The number of primary amides is 1. The van der Waals surface area contributed by atoms with Crippen molar-refractivity contribution in [1.82, 2.24) is 4.90 Å². The Morgan fingerprint density at radius 3 is 2.69 bits per heavy atom. The molecule has 1 amide bonds. The Bertz CT molecular complexity index is 191. The van der Waals surface area contributed by atoms with Crippen LogP contribution in [-0.4, -0.2) is 29.9 Å². The van der Waals surface area contributed by atoms with E-state index in [2.05, 4.69) is 25.7 Å². The van der Waals surface area contributed by atoms with Gasteiger partial charge in [0.25, 0.3) is 0 Å². The first-order chi connectivity index (χ1) is 6.00. The van der Waals surface area contributed by atoms with Crippen LogP contribution >= 0.6 is 0 Å². The summed E-state index contributed by atoms with van der Waals surface area (Å²) in [6.07, 6.45) is 0.933. The first kappa shape index (κ1) is 10.5. The summed E-state index contributed by atoms with van der Waals surface area (Å²) in [5.74, 6) is 1.05. The molecule has 1 aliphatic rings. The summed E-state index contributed by atoms with van der Waals surface area (Å²) < 4.78 is 0. The molecule has 0 saturated carbocycles. The first-order valence-corrected chi connectivity index (χ1v) is 5.04. The summed E-state index contributed by atoms with van der Waals surface area (Å²) in [6, 6.07) is -0.0163. The monoisotopic (exact) mass is 184 g/mol. The van der Waals surface area contributed by atoms with Gasteiger partial charge in [-0.2, -0.15) is 0 Å². The van der Waals surface area contributed by atoms with E-state index in [4.69, 9.17) is 5.73 Å². The maximum atomic E-state index is 11.1. The standard InChI is InChI=1S/C10H20N2O/c1-7(2)5-12-6-8(3)4-9(12)10(11)13/h7-9H,4-6H2,1-3H3,(H2,11,13)/t8?,9-/m1/s1. The van der Waals surface area contributed by atoms with Gasteiger partial charge < -0.3 is 5.73 Å². The molecule has 1 unspecified atom stereocenters. The maximum Gasteiger partial charge on any atom is 0.234 e. The highest BCUT2D eigenvalue weighted by Crippen LogP contribution is 2.23. The molecule has 1 aliphatic heterocycles. The van der Waals surface area contributed by atoms with Crippen molar-refractivity contribution in [1.29, 1.82) is 0 Å². The lowest BCUT2D eigenvalue weighted by Gasteiger charge is -2.23. The second-order valence-corrected chi connectivity index (χ2v) is 4.61. The highest BCUT2D eigenvalue weighted by Gasteiger charge is 2.33. The van der Waals surface area contributed by atoms with Gasteiger partial charge in [-0.15, -0.1) is 0 Å². The van der Waals surface area contributed by atoms with Crippen LogP contribution in [0.15, 0.2) is 0 Å². The summed E-state index contributed by atoms with van der Waals surface area (Å²) in [6.45, 7) is 8.52. The lowest BCUT2D eigenvalue weighted by Crippen LogP contribution is -2.41. The third-order valence-corrected chi connectivity index (χ3v) is 2.54. The van der Waals surface area contributed by atoms with E-state index in [0.717, 1.165) is 19.5 Å². The highest BCUT2D eigenvalue weighted by atomic mass is 16.1. The van der Waals surface area contributed by atoms with Crippen LogP contribution in [0, 0.1) is 11.8 Å². The Labute approximate surface area is 80.3 Å². The number of hydrogen-bond donors (Lipinski definition) is 1. The van der Waals surface area contributed by atoms with Crippen molar-refractivity contribution in [3.8, 4) is 0 Å². The van der Waals surface area contributed by atoms with Crippen molar-refractivity contribution in [3.05, 3.63) is 0 Å². The first-order valence-electron chi connectivity index (χ1n) is 5.04. The van der Waals surface area contributed by atoms with Gasteiger partial charge in [-0.25, -0.2) is 0 Å². The molecule has 0 bridgehead atoms. The van der Waals surface area contributed by atoms with E-state index in [1.54, 1.807) is 0 Å². The van der Waals surface area contributed by atoms with Crippen molar-refractivity contribution >= 4 is 5.91 Å². The topological polar surface area (TPSA) is 46.3 Å². The summed E-state index contributed by atoms with van der Waals surface area (Å²) >= 11 is 0. The smallest absolute Gasteiger partial charge is 0.234 e. The molecule has 0 aromatic heterocycles. The van der Waals surface area contributed by atoms with E-state index in [1.165, 1.54) is 0 Å². The zero-order valence-electron chi connectivity index (χ0n) is 8.79. The Balaban J connectivity index is 2.55. The van der Waals surface area contributed by atoms with Crippen LogP contribution in [-0.2, 0) is 4.79 Å². The molecule has 3 nitrogen and oxygen atoms in total.